The average Bonchev–Trinajstić information content (AvgIpc) is 2.86. The van der Waals surface area contributed by atoms with E-state index in [1.807, 2.05) is 31.2 Å². The van der Waals surface area contributed by atoms with Crippen LogP contribution in [0, 0.1) is 6.92 Å². The molecule has 10 heteroatoms. The van der Waals surface area contributed by atoms with Gasteiger partial charge in [0.1, 0.15) is 6.04 Å². The van der Waals surface area contributed by atoms with Gasteiger partial charge >= 0.3 is 5.97 Å². The molecule has 2 aromatic carbocycles. The van der Waals surface area contributed by atoms with E-state index in [0.29, 0.717) is 39.2 Å². The highest BCUT2D eigenvalue weighted by atomic mass is 32.2. The molecule has 1 amide bonds. The van der Waals surface area contributed by atoms with Gasteiger partial charge in [-0.15, -0.1) is 0 Å². The number of hydrogen-bond donors (Lipinski definition) is 2. The van der Waals surface area contributed by atoms with Crippen LogP contribution in [0.4, 0.5) is 5.69 Å². The first kappa shape index (κ1) is 26.9. The molecule has 36 heavy (non-hydrogen) atoms. The summed E-state index contributed by atoms with van der Waals surface area (Å²) in [7, 11) is 4.57. The number of rotatable bonds is 9. The van der Waals surface area contributed by atoms with Crippen molar-refractivity contribution in [1.82, 2.24) is 5.32 Å². The smallest absolute Gasteiger partial charge is 0.338 e. The molecule has 0 aliphatic carbocycles. The summed E-state index contributed by atoms with van der Waals surface area (Å²) in [6.45, 7) is 5.71. The van der Waals surface area contributed by atoms with Crippen molar-refractivity contribution in [2.45, 2.75) is 26.8 Å². The van der Waals surface area contributed by atoms with Crippen LogP contribution in [0.25, 0.3) is 0 Å². The fourth-order valence-electron chi connectivity index (χ4n) is 3.75. The Balaban J connectivity index is 1.91. The number of carbonyl (C=O) groups excluding carboxylic acids is 2. The van der Waals surface area contributed by atoms with E-state index in [0.717, 1.165) is 11.3 Å². The van der Waals surface area contributed by atoms with E-state index in [4.69, 9.17) is 23.9 Å². The first-order chi connectivity index (χ1) is 17.3. The summed E-state index contributed by atoms with van der Waals surface area (Å²) in [4.78, 5) is 30.2. The lowest BCUT2D eigenvalue weighted by Crippen LogP contribution is -2.31. The van der Waals surface area contributed by atoms with Crippen molar-refractivity contribution in [1.29, 1.82) is 0 Å². The summed E-state index contributed by atoms with van der Waals surface area (Å²) in [6.07, 6.45) is 0. The molecular formula is C26H31N3O6S. The molecule has 3 rings (SSSR count). The number of amidine groups is 1. The first-order valence-corrected chi connectivity index (χ1v) is 12.3. The molecular weight excluding hydrogens is 482 g/mol. The highest BCUT2D eigenvalue weighted by Crippen LogP contribution is 2.43. The summed E-state index contributed by atoms with van der Waals surface area (Å²) in [6, 6.07) is 10.4. The molecule has 192 valence electrons. The van der Waals surface area contributed by atoms with Crippen molar-refractivity contribution in [3.05, 3.63) is 58.8 Å². The van der Waals surface area contributed by atoms with E-state index in [1.165, 1.54) is 33.1 Å². The van der Waals surface area contributed by atoms with Gasteiger partial charge in [0.25, 0.3) is 0 Å². The third-order valence-corrected chi connectivity index (χ3v) is 6.25. The zero-order valence-corrected chi connectivity index (χ0v) is 22.1. The second-order valence-electron chi connectivity index (χ2n) is 7.89. The maximum atomic E-state index is 12.9. The molecule has 2 aromatic rings. The minimum atomic E-state index is -0.707. The fraction of sp³-hybridized carbons (Fsp3) is 0.346. The molecule has 0 saturated carbocycles. The van der Waals surface area contributed by atoms with Gasteiger partial charge in [-0.3, -0.25) is 4.79 Å². The van der Waals surface area contributed by atoms with Gasteiger partial charge in [-0.1, -0.05) is 23.9 Å². The second kappa shape index (κ2) is 12.3. The zero-order chi connectivity index (χ0) is 26.2. The molecule has 9 nitrogen and oxygen atoms in total. The number of nitrogens with one attached hydrogen (secondary N) is 2. The average molecular weight is 514 g/mol. The van der Waals surface area contributed by atoms with Gasteiger partial charge in [-0.2, -0.15) is 0 Å². The number of methoxy groups -OCH3 is 3. The third-order valence-electron chi connectivity index (χ3n) is 5.36. The number of anilines is 1. The Labute approximate surface area is 215 Å². The molecule has 0 fully saturated rings. The minimum absolute atomic E-state index is 0.129. The molecule has 1 aliphatic rings. The van der Waals surface area contributed by atoms with Crippen molar-refractivity contribution < 1.29 is 28.5 Å². The Morgan fingerprint density at radius 2 is 1.75 bits per heavy atom. The van der Waals surface area contributed by atoms with Crippen LogP contribution >= 0.6 is 11.8 Å². The predicted molar refractivity (Wildman–Crippen MR) is 141 cm³/mol. The van der Waals surface area contributed by atoms with Crippen LogP contribution in [-0.2, 0) is 14.3 Å². The highest BCUT2D eigenvalue weighted by Gasteiger charge is 2.32. The summed E-state index contributed by atoms with van der Waals surface area (Å²) in [5.74, 6) is 0.788. The van der Waals surface area contributed by atoms with Crippen molar-refractivity contribution >= 4 is 34.5 Å². The number of hydrogen-bond acceptors (Lipinski definition) is 9. The zero-order valence-electron chi connectivity index (χ0n) is 21.3. The minimum Gasteiger partial charge on any atom is -0.493 e. The van der Waals surface area contributed by atoms with E-state index < -0.39 is 12.0 Å². The van der Waals surface area contributed by atoms with Crippen LogP contribution in [0.5, 0.6) is 17.2 Å². The van der Waals surface area contributed by atoms with Gasteiger partial charge in [0.15, 0.2) is 16.7 Å². The largest absolute Gasteiger partial charge is 0.493 e. The molecule has 1 heterocycles. The molecule has 0 saturated heterocycles. The highest BCUT2D eigenvalue weighted by molar-refractivity contribution is 8.14. The van der Waals surface area contributed by atoms with Gasteiger partial charge in [0, 0.05) is 11.4 Å². The molecule has 0 bridgehead atoms. The number of allylic oxidation sites excluding steroid dienone is 1. The maximum absolute atomic E-state index is 12.9. The van der Waals surface area contributed by atoms with Crippen LogP contribution in [0.15, 0.2) is 52.7 Å². The normalized spacial score (nSPS) is 14.9. The molecule has 0 aromatic heterocycles. The lowest BCUT2D eigenvalue weighted by Gasteiger charge is -2.26. The third kappa shape index (κ3) is 6.31. The quantitative estimate of drug-likeness (QED) is 0.480. The number of aliphatic imine (C=N–C) groups is 1. The van der Waals surface area contributed by atoms with Crippen LogP contribution in [0.1, 0.15) is 31.0 Å². The van der Waals surface area contributed by atoms with E-state index in [9.17, 15) is 9.59 Å². The van der Waals surface area contributed by atoms with E-state index in [2.05, 4.69) is 10.6 Å². The topological polar surface area (TPSA) is 107 Å². The van der Waals surface area contributed by atoms with E-state index in [1.54, 1.807) is 26.0 Å². The van der Waals surface area contributed by atoms with Crippen LogP contribution in [0.3, 0.4) is 0 Å². The molecule has 0 radical (unpaired) electrons. The Bertz CT molecular complexity index is 1170. The number of carbonyl (C=O) groups is 2. The van der Waals surface area contributed by atoms with Crippen molar-refractivity contribution in [3.8, 4) is 17.2 Å². The van der Waals surface area contributed by atoms with Crippen LogP contribution < -0.4 is 24.8 Å². The summed E-state index contributed by atoms with van der Waals surface area (Å²) in [5.41, 5.74) is 3.38. The number of esters is 1. The predicted octanol–water partition coefficient (Wildman–Crippen LogP) is 4.23. The van der Waals surface area contributed by atoms with Gasteiger partial charge in [0.2, 0.25) is 11.7 Å². The number of amides is 1. The summed E-state index contributed by atoms with van der Waals surface area (Å²) < 4.78 is 21.7. The lowest BCUT2D eigenvalue weighted by molar-refractivity contribution is -0.139. The summed E-state index contributed by atoms with van der Waals surface area (Å²) in [5, 5.41) is 6.52. The van der Waals surface area contributed by atoms with E-state index >= 15 is 0 Å². The van der Waals surface area contributed by atoms with Crippen LogP contribution in [-0.4, -0.2) is 50.7 Å². The van der Waals surface area contributed by atoms with Crippen molar-refractivity contribution in [2.75, 3.05) is 39.0 Å². The number of nitrogens with zero attached hydrogens (tertiary/aromatic N) is 1. The van der Waals surface area contributed by atoms with Crippen LogP contribution in [0.2, 0.25) is 0 Å². The van der Waals surface area contributed by atoms with Crippen molar-refractivity contribution in [3.63, 3.8) is 0 Å². The number of aryl methyl sites for hydroxylation is 1. The van der Waals surface area contributed by atoms with E-state index in [-0.39, 0.29) is 18.3 Å². The number of benzene rings is 2. The lowest BCUT2D eigenvalue weighted by atomic mass is 9.96. The Morgan fingerprint density at radius 1 is 1.06 bits per heavy atom. The van der Waals surface area contributed by atoms with Gasteiger partial charge in [-0.05, 0) is 56.2 Å². The molecule has 1 atom stereocenters. The fourth-order valence-corrected chi connectivity index (χ4v) is 4.49. The second-order valence-corrected chi connectivity index (χ2v) is 8.85. The van der Waals surface area contributed by atoms with Gasteiger partial charge in [-0.25, -0.2) is 9.79 Å². The molecule has 1 aliphatic heterocycles. The van der Waals surface area contributed by atoms with Gasteiger partial charge in [0.05, 0.1) is 39.3 Å². The Morgan fingerprint density at radius 3 is 2.33 bits per heavy atom. The van der Waals surface area contributed by atoms with Gasteiger partial charge < -0.3 is 29.6 Å². The maximum Gasteiger partial charge on any atom is 0.338 e. The molecule has 2 N–H and O–H groups in total. The SMILES string of the molecule is CCOC(=O)C1=C(C)NC(SCC(=O)Nc2cccc(C)c2)=N[C@H]1c1cc(OC)c(OC)c(OC)c1. The Kier molecular flexibility index (Phi) is 9.24. The molecule has 0 unspecified atom stereocenters. The number of thioether (sulfide) groups is 1. The first-order valence-electron chi connectivity index (χ1n) is 11.3. The molecule has 0 spiro atoms. The standard InChI is InChI=1S/C26H31N3O6S/c1-7-35-25(31)22-16(3)27-26(36-14-21(30)28-18-10-8-9-15(2)11-18)29-23(22)17-12-19(32-4)24(34-6)20(13-17)33-5/h8-13,23H,7,14H2,1-6H3,(H,27,29)(H,28,30)/t23-/m0/s1. The number of ether oxygens (including phenoxy) is 4. The summed E-state index contributed by atoms with van der Waals surface area (Å²) >= 11 is 1.24. The van der Waals surface area contributed by atoms with Crippen molar-refractivity contribution in [2.24, 2.45) is 4.99 Å². The Hall–Kier alpha value is -3.66. The monoisotopic (exact) mass is 513 g/mol.